The van der Waals surface area contributed by atoms with Crippen LogP contribution in [0.1, 0.15) is 44.2 Å². The molecule has 1 N–H and O–H groups in total. The van der Waals surface area contributed by atoms with Crippen LogP contribution in [-0.2, 0) is 5.41 Å². The Kier molecular flexibility index (Phi) is 2.85. The highest BCUT2D eigenvalue weighted by atomic mass is 14.9. The minimum atomic E-state index is 0.177. The smallest absolute Gasteiger partial charge is 0.0426 e. The minimum absolute atomic E-state index is 0.177. The lowest BCUT2D eigenvalue weighted by atomic mass is 9.53. The summed E-state index contributed by atoms with van der Waals surface area (Å²) in [5, 5.41) is 3.65. The van der Waals surface area contributed by atoms with Gasteiger partial charge in [-0.25, -0.2) is 0 Å². The normalized spacial score (nSPS) is 25.8. The summed E-state index contributed by atoms with van der Waals surface area (Å²) in [5.74, 6) is 1.37. The maximum atomic E-state index is 3.65. The summed E-state index contributed by atoms with van der Waals surface area (Å²) in [7, 11) is 0. The third-order valence-corrected chi connectivity index (χ3v) is 5.84. The van der Waals surface area contributed by atoms with Crippen LogP contribution in [0.5, 0.6) is 0 Å². The van der Waals surface area contributed by atoms with Crippen LogP contribution < -0.4 is 5.32 Å². The van der Waals surface area contributed by atoms with Crippen molar-refractivity contribution in [3.8, 4) is 0 Å². The molecule has 1 aliphatic carbocycles. The van der Waals surface area contributed by atoms with Crippen LogP contribution >= 0.6 is 0 Å². The Balaban J connectivity index is 2.05. The van der Waals surface area contributed by atoms with Gasteiger partial charge in [0, 0.05) is 16.8 Å². The molecule has 2 aliphatic rings. The van der Waals surface area contributed by atoms with E-state index >= 15 is 0 Å². The first-order chi connectivity index (χ1) is 10.2. The summed E-state index contributed by atoms with van der Waals surface area (Å²) in [6, 6.07) is 17.8. The molecule has 1 aliphatic heterocycles. The molecule has 1 fully saturated rings. The lowest BCUT2D eigenvalue weighted by Crippen LogP contribution is -2.46. The zero-order chi connectivity index (χ0) is 14.4. The van der Waals surface area contributed by atoms with Gasteiger partial charge in [-0.2, -0.15) is 0 Å². The summed E-state index contributed by atoms with van der Waals surface area (Å²) in [6.45, 7) is 4.91. The third-order valence-electron chi connectivity index (χ3n) is 5.84. The van der Waals surface area contributed by atoms with Crippen molar-refractivity contribution in [2.45, 2.75) is 38.5 Å². The lowest BCUT2D eigenvalue weighted by molar-refractivity contribution is 0.167. The van der Waals surface area contributed by atoms with Gasteiger partial charge in [0.05, 0.1) is 0 Å². The molecule has 0 bridgehead atoms. The number of hydrogen-bond donors (Lipinski definition) is 1. The van der Waals surface area contributed by atoms with Gasteiger partial charge in [0.25, 0.3) is 0 Å². The van der Waals surface area contributed by atoms with E-state index in [0.29, 0.717) is 11.8 Å². The minimum Gasteiger partial charge on any atom is -0.355 e. The Morgan fingerprint density at radius 1 is 0.810 bits per heavy atom. The van der Waals surface area contributed by atoms with E-state index in [1.165, 1.54) is 41.8 Å². The Morgan fingerprint density at radius 3 is 1.81 bits per heavy atom. The molecule has 0 saturated heterocycles. The molecule has 21 heavy (non-hydrogen) atoms. The molecule has 2 atom stereocenters. The fourth-order valence-corrected chi connectivity index (χ4v) is 4.93. The summed E-state index contributed by atoms with van der Waals surface area (Å²) >= 11 is 0. The number of rotatable bonds is 0. The van der Waals surface area contributed by atoms with Gasteiger partial charge in [-0.1, -0.05) is 56.7 Å². The molecule has 0 amide bonds. The Morgan fingerprint density at radius 2 is 1.29 bits per heavy atom. The van der Waals surface area contributed by atoms with Crippen molar-refractivity contribution in [1.29, 1.82) is 0 Å². The second-order valence-electron chi connectivity index (χ2n) is 6.82. The van der Waals surface area contributed by atoms with Gasteiger partial charge in [0.15, 0.2) is 0 Å². The van der Waals surface area contributed by atoms with Crippen LogP contribution in [-0.4, -0.2) is 0 Å². The van der Waals surface area contributed by atoms with Gasteiger partial charge in [0.1, 0.15) is 0 Å². The van der Waals surface area contributed by atoms with Crippen molar-refractivity contribution in [3.63, 3.8) is 0 Å². The second-order valence-corrected chi connectivity index (χ2v) is 6.82. The molecule has 2 unspecified atom stereocenters. The average Bonchev–Trinajstić information content (AvgIpc) is 2.51. The summed E-state index contributed by atoms with van der Waals surface area (Å²) < 4.78 is 0. The molecule has 4 rings (SSSR count). The summed E-state index contributed by atoms with van der Waals surface area (Å²) in [6.07, 6.45) is 4.02. The average molecular weight is 277 g/mol. The van der Waals surface area contributed by atoms with Crippen LogP contribution in [0.3, 0.4) is 0 Å². The first kappa shape index (κ1) is 12.9. The van der Waals surface area contributed by atoms with Crippen molar-refractivity contribution >= 4 is 11.4 Å². The topological polar surface area (TPSA) is 12.0 Å². The highest BCUT2D eigenvalue weighted by Gasteiger charge is 2.49. The number of fused-ring (bicyclic) bond motifs is 4. The molecule has 0 aromatic heterocycles. The molecule has 1 spiro atoms. The molecule has 1 nitrogen and oxygen atoms in total. The first-order valence-corrected chi connectivity index (χ1v) is 8.20. The van der Waals surface area contributed by atoms with E-state index in [1.807, 2.05) is 0 Å². The standard InChI is InChI=1S/C20H23N/c1-14-8-7-9-15(2)20(14)16-10-3-5-12-18(16)21-19-13-6-4-11-17(19)20/h3-6,10-15,21H,7-9H2,1-2H3. The van der Waals surface area contributed by atoms with Crippen LogP contribution in [0, 0.1) is 11.8 Å². The van der Waals surface area contributed by atoms with E-state index < -0.39 is 0 Å². The van der Waals surface area contributed by atoms with E-state index in [-0.39, 0.29) is 5.41 Å². The zero-order valence-electron chi connectivity index (χ0n) is 12.9. The van der Waals surface area contributed by atoms with E-state index in [2.05, 4.69) is 67.7 Å². The zero-order valence-corrected chi connectivity index (χ0v) is 12.9. The first-order valence-electron chi connectivity index (χ1n) is 8.20. The van der Waals surface area contributed by atoms with Crippen LogP contribution in [0.25, 0.3) is 0 Å². The molecule has 2 aromatic rings. The second kappa shape index (κ2) is 4.62. The number of hydrogen-bond acceptors (Lipinski definition) is 1. The summed E-state index contributed by atoms with van der Waals surface area (Å²) in [4.78, 5) is 0. The van der Waals surface area contributed by atoms with Crippen LogP contribution in [0.15, 0.2) is 48.5 Å². The Bertz CT molecular complexity index is 616. The quantitative estimate of drug-likeness (QED) is 0.671. The van der Waals surface area contributed by atoms with Gasteiger partial charge in [-0.05, 0) is 47.9 Å². The summed E-state index contributed by atoms with van der Waals surface area (Å²) in [5.41, 5.74) is 5.79. The van der Waals surface area contributed by atoms with E-state index in [0.717, 1.165) is 0 Å². The number of nitrogens with one attached hydrogen (secondary N) is 1. The van der Waals surface area contributed by atoms with Crippen molar-refractivity contribution in [2.24, 2.45) is 11.8 Å². The molecule has 0 radical (unpaired) electrons. The molecule has 108 valence electrons. The SMILES string of the molecule is CC1CCCC(C)C12c1ccccc1Nc1ccccc12. The third kappa shape index (κ3) is 1.64. The Labute approximate surface area is 127 Å². The highest BCUT2D eigenvalue weighted by molar-refractivity contribution is 5.76. The predicted molar refractivity (Wildman–Crippen MR) is 89.1 cm³/mol. The number of para-hydroxylation sites is 2. The van der Waals surface area contributed by atoms with Gasteiger partial charge < -0.3 is 5.32 Å². The molecule has 1 heteroatoms. The van der Waals surface area contributed by atoms with Gasteiger partial charge >= 0.3 is 0 Å². The van der Waals surface area contributed by atoms with E-state index in [4.69, 9.17) is 0 Å². The van der Waals surface area contributed by atoms with Crippen LogP contribution in [0.2, 0.25) is 0 Å². The largest absolute Gasteiger partial charge is 0.355 e. The molecular weight excluding hydrogens is 254 g/mol. The Hall–Kier alpha value is -1.76. The van der Waals surface area contributed by atoms with Crippen molar-refractivity contribution in [2.75, 3.05) is 5.32 Å². The van der Waals surface area contributed by atoms with Crippen molar-refractivity contribution < 1.29 is 0 Å². The highest BCUT2D eigenvalue weighted by Crippen LogP contribution is 2.57. The monoisotopic (exact) mass is 277 g/mol. The fraction of sp³-hybridized carbons (Fsp3) is 0.400. The molecular formula is C20H23N. The van der Waals surface area contributed by atoms with Gasteiger partial charge in [-0.3, -0.25) is 0 Å². The maximum absolute atomic E-state index is 3.65. The lowest BCUT2D eigenvalue weighted by Gasteiger charge is -2.52. The molecule has 2 aromatic carbocycles. The van der Waals surface area contributed by atoms with Crippen molar-refractivity contribution in [1.82, 2.24) is 0 Å². The van der Waals surface area contributed by atoms with Crippen LogP contribution in [0.4, 0.5) is 11.4 Å². The predicted octanol–water partition coefficient (Wildman–Crippen LogP) is 5.49. The fourth-order valence-electron chi connectivity index (χ4n) is 4.93. The number of anilines is 2. The van der Waals surface area contributed by atoms with E-state index in [1.54, 1.807) is 0 Å². The number of benzene rings is 2. The van der Waals surface area contributed by atoms with Gasteiger partial charge in [0.2, 0.25) is 0 Å². The molecule has 1 heterocycles. The maximum Gasteiger partial charge on any atom is 0.0426 e. The van der Waals surface area contributed by atoms with Gasteiger partial charge in [-0.15, -0.1) is 0 Å². The van der Waals surface area contributed by atoms with E-state index in [9.17, 15) is 0 Å². The van der Waals surface area contributed by atoms with Crippen molar-refractivity contribution in [3.05, 3.63) is 59.7 Å². The molecule has 1 saturated carbocycles.